The molecule has 0 aromatic heterocycles. The SMILES string of the molecule is COC(O)C12CC(C(=O)N3CC(F)CC3c3cccc(F)c3)(C1)C2. The zero-order valence-corrected chi connectivity index (χ0v) is 13.5. The van der Waals surface area contributed by atoms with Crippen LogP contribution in [0.25, 0.3) is 0 Å². The van der Waals surface area contributed by atoms with Crippen LogP contribution in [0.5, 0.6) is 0 Å². The lowest BCUT2D eigenvalue weighted by Crippen LogP contribution is -2.72. The third-order valence-corrected chi connectivity index (χ3v) is 6.02. The molecule has 1 saturated heterocycles. The number of hydrogen-bond acceptors (Lipinski definition) is 3. The first kappa shape index (κ1) is 16.0. The molecule has 1 aliphatic heterocycles. The first-order chi connectivity index (χ1) is 11.4. The number of aliphatic hydroxyl groups excluding tert-OH is 1. The molecule has 5 rings (SSSR count). The molecular formula is C18H21F2NO3. The molecule has 0 spiro atoms. The van der Waals surface area contributed by atoms with E-state index in [2.05, 4.69) is 0 Å². The number of benzene rings is 1. The molecule has 4 fully saturated rings. The Bertz CT molecular complexity index is 660. The van der Waals surface area contributed by atoms with Crippen LogP contribution in [0.3, 0.4) is 0 Å². The van der Waals surface area contributed by atoms with Gasteiger partial charge in [-0.05, 0) is 37.0 Å². The molecule has 1 aromatic rings. The Morgan fingerprint density at radius 2 is 2.12 bits per heavy atom. The van der Waals surface area contributed by atoms with Gasteiger partial charge < -0.3 is 14.7 Å². The van der Waals surface area contributed by atoms with E-state index in [1.54, 1.807) is 17.0 Å². The summed E-state index contributed by atoms with van der Waals surface area (Å²) in [6, 6.07) is 5.63. The number of amides is 1. The number of methoxy groups -OCH3 is 1. The van der Waals surface area contributed by atoms with Crippen LogP contribution in [0.4, 0.5) is 8.78 Å². The van der Waals surface area contributed by atoms with E-state index in [9.17, 15) is 18.7 Å². The van der Waals surface area contributed by atoms with Gasteiger partial charge in [-0.2, -0.15) is 0 Å². The Morgan fingerprint density at radius 1 is 1.42 bits per heavy atom. The molecule has 4 nitrogen and oxygen atoms in total. The molecular weight excluding hydrogens is 316 g/mol. The predicted octanol–water partition coefficient (Wildman–Crippen LogP) is 2.57. The maximum Gasteiger partial charge on any atom is 0.229 e. The van der Waals surface area contributed by atoms with Gasteiger partial charge in [0.2, 0.25) is 5.91 Å². The number of rotatable bonds is 4. The van der Waals surface area contributed by atoms with Gasteiger partial charge in [-0.25, -0.2) is 8.78 Å². The highest BCUT2D eigenvalue weighted by Crippen LogP contribution is 2.75. The van der Waals surface area contributed by atoms with Crippen molar-refractivity contribution in [3.8, 4) is 0 Å². The quantitative estimate of drug-likeness (QED) is 0.859. The van der Waals surface area contributed by atoms with E-state index in [4.69, 9.17) is 4.74 Å². The molecule has 6 heteroatoms. The number of halogens is 2. The van der Waals surface area contributed by atoms with Gasteiger partial charge >= 0.3 is 0 Å². The van der Waals surface area contributed by atoms with Crippen molar-refractivity contribution < 1.29 is 23.4 Å². The Morgan fingerprint density at radius 3 is 2.75 bits per heavy atom. The first-order valence-electron chi connectivity index (χ1n) is 8.31. The Hall–Kier alpha value is -1.53. The van der Waals surface area contributed by atoms with Crippen molar-refractivity contribution in [1.82, 2.24) is 4.90 Å². The summed E-state index contributed by atoms with van der Waals surface area (Å²) in [6.07, 6.45) is 0.00886. The molecule has 24 heavy (non-hydrogen) atoms. The fourth-order valence-electron chi connectivity index (χ4n) is 4.95. The lowest BCUT2D eigenvalue weighted by Gasteiger charge is -2.70. The fraction of sp³-hybridized carbons (Fsp3) is 0.611. The van der Waals surface area contributed by atoms with Crippen LogP contribution in [0.2, 0.25) is 0 Å². The van der Waals surface area contributed by atoms with Gasteiger partial charge in [0.25, 0.3) is 0 Å². The summed E-state index contributed by atoms with van der Waals surface area (Å²) >= 11 is 0. The zero-order chi connectivity index (χ0) is 17.1. The average molecular weight is 337 g/mol. The van der Waals surface area contributed by atoms with Crippen LogP contribution in [0.1, 0.15) is 37.3 Å². The molecule has 4 aliphatic rings. The number of carbonyl (C=O) groups excluding carboxylic acids is 1. The lowest BCUT2D eigenvalue weighted by molar-refractivity contribution is -0.307. The standard InChI is InChI=1S/C18H21F2NO3/c1-24-16(23)18-8-17(9-18,10-18)15(22)21-7-13(20)6-14(21)11-3-2-4-12(19)5-11/h2-5,13-14,16,23H,6-10H2,1H3. The van der Waals surface area contributed by atoms with Gasteiger partial charge in [0, 0.05) is 18.9 Å². The maximum atomic E-state index is 14.0. The zero-order valence-electron chi connectivity index (χ0n) is 13.5. The van der Waals surface area contributed by atoms with Gasteiger partial charge in [-0.1, -0.05) is 12.1 Å². The second kappa shape index (κ2) is 5.23. The summed E-state index contributed by atoms with van der Waals surface area (Å²) in [5.74, 6) is -0.447. The molecule has 2 bridgehead atoms. The second-order valence-corrected chi connectivity index (χ2v) is 7.62. The minimum Gasteiger partial charge on any atom is -0.367 e. The molecule has 130 valence electrons. The highest BCUT2D eigenvalue weighted by atomic mass is 19.1. The van der Waals surface area contributed by atoms with E-state index in [0.29, 0.717) is 24.8 Å². The van der Waals surface area contributed by atoms with Crippen LogP contribution in [0.15, 0.2) is 24.3 Å². The van der Waals surface area contributed by atoms with Crippen molar-refractivity contribution in [1.29, 1.82) is 0 Å². The molecule has 3 unspecified atom stereocenters. The minimum absolute atomic E-state index is 0.0571. The van der Waals surface area contributed by atoms with Gasteiger partial charge in [0.05, 0.1) is 18.0 Å². The molecule has 1 aromatic carbocycles. The Labute approximate surface area is 139 Å². The molecule has 1 heterocycles. The number of nitrogens with zero attached hydrogens (tertiary/aromatic N) is 1. The largest absolute Gasteiger partial charge is 0.367 e. The topological polar surface area (TPSA) is 49.8 Å². The van der Waals surface area contributed by atoms with Crippen LogP contribution < -0.4 is 0 Å². The van der Waals surface area contributed by atoms with Crippen molar-refractivity contribution in [3.63, 3.8) is 0 Å². The van der Waals surface area contributed by atoms with Crippen molar-refractivity contribution >= 4 is 5.91 Å². The monoisotopic (exact) mass is 337 g/mol. The number of ether oxygens (including phenoxy) is 1. The van der Waals surface area contributed by atoms with E-state index in [-0.39, 0.29) is 30.1 Å². The van der Waals surface area contributed by atoms with Gasteiger partial charge in [-0.15, -0.1) is 0 Å². The van der Waals surface area contributed by atoms with E-state index < -0.39 is 23.9 Å². The molecule has 3 atom stereocenters. The van der Waals surface area contributed by atoms with Crippen molar-refractivity contribution in [2.75, 3.05) is 13.7 Å². The highest BCUT2D eigenvalue weighted by molar-refractivity contribution is 5.87. The minimum atomic E-state index is -1.09. The third kappa shape index (κ3) is 2.12. The average Bonchev–Trinajstić information content (AvgIpc) is 2.86. The molecule has 3 saturated carbocycles. The number of likely N-dealkylation sites (tertiary alicyclic amines) is 1. The molecule has 0 radical (unpaired) electrons. The van der Waals surface area contributed by atoms with E-state index >= 15 is 0 Å². The van der Waals surface area contributed by atoms with Gasteiger partial charge in [-0.3, -0.25) is 4.79 Å². The van der Waals surface area contributed by atoms with E-state index in [1.807, 2.05) is 0 Å². The predicted molar refractivity (Wildman–Crippen MR) is 82.1 cm³/mol. The molecule has 1 amide bonds. The smallest absolute Gasteiger partial charge is 0.229 e. The van der Waals surface area contributed by atoms with Crippen LogP contribution in [-0.2, 0) is 9.53 Å². The number of hydrogen-bond donors (Lipinski definition) is 1. The summed E-state index contributed by atoms with van der Waals surface area (Å²) in [6.45, 7) is 0.0571. The van der Waals surface area contributed by atoms with Crippen molar-refractivity contribution in [2.24, 2.45) is 10.8 Å². The fourth-order valence-corrected chi connectivity index (χ4v) is 4.95. The normalized spacial score (nSPS) is 38.4. The van der Waals surface area contributed by atoms with Crippen LogP contribution in [-0.4, -0.2) is 42.0 Å². The highest BCUT2D eigenvalue weighted by Gasteiger charge is 2.75. The summed E-state index contributed by atoms with van der Waals surface area (Å²) < 4.78 is 32.5. The van der Waals surface area contributed by atoms with Gasteiger partial charge in [0.1, 0.15) is 12.0 Å². The maximum absolute atomic E-state index is 14.0. The third-order valence-electron chi connectivity index (χ3n) is 6.02. The van der Waals surface area contributed by atoms with Crippen LogP contribution in [0, 0.1) is 16.6 Å². The second-order valence-electron chi connectivity index (χ2n) is 7.62. The first-order valence-corrected chi connectivity index (χ1v) is 8.31. The lowest BCUT2D eigenvalue weighted by atomic mass is 9.34. The van der Waals surface area contributed by atoms with Crippen LogP contribution >= 0.6 is 0 Å². The van der Waals surface area contributed by atoms with E-state index in [0.717, 1.165) is 0 Å². The van der Waals surface area contributed by atoms with Crippen molar-refractivity contribution in [2.45, 2.75) is 44.2 Å². The Kier molecular flexibility index (Phi) is 3.48. The molecule has 3 aliphatic carbocycles. The van der Waals surface area contributed by atoms with Gasteiger partial charge in [0.15, 0.2) is 6.29 Å². The number of aliphatic hydroxyl groups is 1. The summed E-state index contributed by atoms with van der Waals surface area (Å²) in [7, 11) is 1.45. The summed E-state index contributed by atoms with van der Waals surface area (Å²) in [5, 5.41) is 9.89. The summed E-state index contributed by atoms with van der Waals surface area (Å²) in [5.41, 5.74) is -0.162. The summed E-state index contributed by atoms with van der Waals surface area (Å²) in [4.78, 5) is 14.6. The number of carbonyl (C=O) groups is 1. The molecule has 1 N–H and O–H groups in total. The van der Waals surface area contributed by atoms with E-state index in [1.165, 1.54) is 19.2 Å². The number of alkyl halides is 1. The van der Waals surface area contributed by atoms with Crippen molar-refractivity contribution in [3.05, 3.63) is 35.6 Å². The Balaban J connectivity index is 1.52.